The first-order chi connectivity index (χ1) is 8.20. The fourth-order valence-corrected chi connectivity index (χ4v) is 1.95. The summed E-state index contributed by atoms with van der Waals surface area (Å²) in [5.74, 6) is 0. The second kappa shape index (κ2) is 4.84. The van der Waals surface area contributed by atoms with E-state index in [1.165, 1.54) is 22.3 Å². The third-order valence-electron chi connectivity index (χ3n) is 2.97. The fourth-order valence-electron chi connectivity index (χ4n) is 1.95. The molecule has 0 saturated carbocycles. The Morgan fingerprint density at radius 1 is 1.00 bits per heavy atom. The lowest BCUT2D eigenvalue weighted by Crippen LogP contribution is -1.89. The zero-order chi connectivity index (χ0) is 12.3. The summed E-state index contributed by atoms with van der Waals surface area (Å²) >= 11 is 0. The van der Waals surface area contributed by atoms with Crippen molar-refractivity contribution in [3.63, 3.8) is 0 Å². The van der Waals surface area contributed by atoms with Crippen molar-refractivity contribution in [3.8, 4) is 17.2 Å². The minimum absolute atomic E-state index is 0.478. The number of nitrogens with zero attached hydrogens (tertiary/aromatic N) is 1. The SMILES string of the molecule is Cc1cccc(-c2ccc(C)c(CC#N)c2)c1. The number of rotatable bonds is 2. The van der Waals surface area contributed by atoms with E-state index in [9.17, 15) is 0 Å². The average Bonchev–Trinajstić information content (AvgIpc) is 2.32. The molecule has 0 unspecified atom stereocenters. The van der Waals surface area contributed by atoms with Gasteiger partial charge in [0.1, 0.15) is 0 Å². The van der Waals surface area contributed by atoms with Gasteiger partial charge < -0.3 is 0 Å². The Hall–Kier alpha value is -2.07. The molecule has 1 heteroatoms. The third-order valence-corrected chi connectivity index (χ3v) is 2.97. The molecule has 0 aliphatic rings. The van der Waals surface area contributed by atoms with Crippen molar-refractivity contribution >= 4 is 0 Å². The Labute approximate surface area is 102 Å². The van der Waals surface area contributed by atoms with Gasteiger partial charge in [-0.25, -0.2) is 0 Å². The Kier molecular flexibility index (Phi) is 3.25. The van der Waals surface area contributed by atoms with E-state index < -0.39 is 0 Å². The zero-order valence-corrected chi connectivity index (χ0v) is 10.2. The number of hydrogen-bond donors (Lipinski definition) is 0. The first-order valence-electron chi connectivity index (χ1n) is 5.74. The lowest BCUT2D eigenvalue weighted by atomic mass is 9.97. The standard InChI is InChI=1S/C16H15N/c1-12-4-3-5-15(10-12)16-7-6-13(2)14(11-16)8-9-17/h3-7,10-11H,8H2,1-2H3. The van der Waals surface area contributed by atoms with Gasteiger partial charge in [-0.1, -0.05) is 42.0 Å². The van der Waals surface area contributed by atoms with Gasteiger partial charge in [0, 0.05) is 0 Å². The molecule has 0 fully saturated rings. The van der Waals surface area contributed by atoms with Crippen LogP contribution in [0.15, 0.2) is 42.5 Å². The summed E-state index contributed by atoms with van der Waals surface area (Å²) < 4.78 is 0. The van der Waals surface area contributed by atoms with Crippen molar-refractivity contribution in [2.45, 2.75) is 20.3 Å². The van der Waals surface area contributed by atoms with Crippen LogP contribution in [0, 0.1) is 25.2 Å². The maximum Gasteiger partial charge on any atom is 0.0669 e. The first kappa shape index (κ1) is 11.4. The van der Waals surface area contributed by atoms with Crippen molar-refractivity contribution in [2.24, 2.45) is 0 Å². The molecule has 0 aromatic heterocycles. The number of nitriles is 1. The molecule has 0 amide bonds. The fraction of sp³-hybridized carbons (Fsp3) is 0.188. The van der Waals surface area contributed by atoms with Crippen molar-refractivity contribution < 1.29 is 0 Å². The second-order valence-corrected chi connectivity index (χ2v) is 4.35. The van der Waals surface area contributed by atoms with Crippen LogP contribution in [0.2, 0.25) is 0 Å². The summed E-state index contributed by atoms with van der Waals surface area (Å²) in [5.41, 5.74) is 5.95. The van der Waals surface area contributed by atoms with Gasteiger partial charge in [-0.2, -0.15) is 5.26 Å². The Balaban J connectivity index is 2.47. The summed E-state index contributed by atoms with van der Waals surface area (Å²) in [6.45, 7) is 4.14. The van der Waals surface area contributed by atoms with Crippen LogP contribution in [-0.2, 0) is 6.42 Å². The van der Waals surface area contributed by atoms with Crippen LogP contribution in [0.1, 0.15) is 16.7 Å². The lowest BCUT2D eigenvalue weighted by molar-refractivity contribution is 1.21. The topological polar surface area (TPSA) is 23.8 Å². The zero-order valence-electron chi connectivity index (χ0n) is 10.2. The molecule has 2 rings (SSSR count). The van der Waals surface area contributed by atoms with Crippen LogP contribution in [0.4, 0.5) is 0 Å². The molecule has 0 radical (unpaired) electrons. The van der Waals surface area contributed by atoms with E-state index in [-0.39, 0.29) is 0 Å². The highest BCUT2D eigenvalue weighted by molar-refractivity contribution is 5.65. The molecule has 2 aromatic rings. The van der Waals surface area contributed by atoms with Crippen LogP contribution >= 0.6 is 0 Å². The highest BCUT2D eigenvalue weighted by Gasteiger charge is 2.02. The summed E-state index contributed by atoms with van der Waals surface area (Å²) in [6, 6.07) is 17.0. The molecule has 1 nitrogen and oxygen atoms in total. The summed E-state index contributed by atoms with van der Waals surface area (Å²) in [5, 5.41) is 8.80. The summed E-state index contributed by atoms with van der Waals surface area (Å²) in [4.78, 5) is 0. The van der Waals surface area contributed by atoms with Crippen molar-refractivity contribution in [2.75, 3.05) is 0 Å². The lowest BCUT2D eigenvalue weighted by Gasteiger charge is -2.07. The minimum atomic E-state index is 0.478. The molecule has 0 aliphatic carbocycles. The number of benzene rings is 2. The Morgan fingerprint density at radius 2 is 1.76 bits per heavy atom. The molecule has 0 aliphatic heterocycles. The molecule has 17 heavy (non-hydrogen) atoms. The Bertz CT molecular complexity index is 576. The number of hydrogen-bond acceptors (Lipinski definition) is 1. The molecule has 0 saturated heterocycles. The third kappa shape index (κ3) is 2.54. The maximum atomic E-state index is 8.80. The quantitative estimate of drug-likeness (QED) is 0.751. The van der Waals surface area contributed by atoms with Gasteiger partial charge in [0.05, 0.1) is 12.5 Å². The molecule has 0 bridgehead atoms. The Morgan fingerprint density at radius 3 is 2.47 bits per heavy atom. The highest BCUT2D eigenvalue weighted by Crippen LogP contribution is 2.23. The van der Waals surface area contributed by atoms with Gasteiger partial charge in [0.15, 0.2) is 0 Å². The van der Waals surface area contributed by atoms with E-state index in [2.05, 4.69) is 55.5 Å². The van der Waals surface area contributed by atoms with Crippen molar-refractivity contribution in [3.05, 3.63) is 59.2 Å². The molecule has 84 valence electrons. The van der Waals surface area contributed by atoms with Crippen molar-refractivity contribution in [1.29, 1.82) is 5.26 Å². The van der Waals surface area contributed by atoms with E-state index in [4.69, 9.17) is 5.26 Å². The van der Waals surface area contributed by atoms with Crippen molar-refractivity contribution in [1.82, 2.24) is 0 Å². The predicted molar refractivity (Wildman–Crippen MR) is 70.7 cm³/mol. The van der Waals surface area contributed by atoms with E-state index in [1.807, 2.05) is 6.92 Å². The highest BCUT2D eigenvalue weighted by atomic mass is 14.2. The minimum Gasteiger partial charge on any atom is -0.198 e. The smallest absolute Gasteiger partial charge is 0.0669 e. The van der Waals surface area contributed by atoms with Crippen LogP contribution in [0.25, 0.3) is 11.1 Å². The molecule has 0 heterocycles. The summed E-state index contributed by atoms with van der Waals surface area (Å²) in [7, 11) is 0. The van der Waals surface area contributed by atoms with Gasteiger partial charge in [0.25, 0.3) is 0 Å². The number of aryl methyl sites for hydroxylation is 2. The van der Waals surface area contributed by atoms with Gasteiger partial charge in [-0.05, 0) is 42.2 Å². The van der Waals surface area contributed by atoms with Gasteiger partial charge in [-0.15, -0.1) is 0 Å². The molecule has 2 aromatic carbocycles. The predicted octanol–water partition coefficient (Wildman–Crippen LogP) is 4.04. The molecule has 0 N–H and O–H groups in total. The second-order valence-electron chi connectivity index (χ2n) is 4.35. The van der Waals surface area contributed by atoms with E-state index in [1.54, 1.807) is 0 Å². The largest absolute Gasteiger partial charge is 0.198 e. The molecule has 0 atom stereocenters. The van der Waals surface area contributed by atoms with Crippen LogP contribution < -0.4 is 0 Å². The van der Waals surface area contributed by atoms with E-state index in [0.717, 1.165) is 5.56 Å². The molecule has 0 spiro atoms. The summed E-state index contributed by atoms with van der Waals surface area (Å²) in [6.07, 6.45) is 0.478. The van der Waals surface area contributed by atoms with Crippen LogP contribution in [-0.4, -0.2) is 0 Å². The average molecular weight is 221 g/mol. The maximum absolute atomic E-state index is 8.80. The van der Waals surface area contributed by atoms with E-state index >= 15 is 0 Å². The van der Waals surface area contributed by atoms with Gasteiger partial charge in [-0.3, -0.25) is 0 Å². The van der Waals surface area contributed by atoms with Crippen LogP contribution in [0.3, 0.4) is 0 Å². The van der Waals surface area contributed by atoms with Gasteiger partial charge >= 0.3 is 0 Å². The van der Waals surface area contributed by atoms with Gasteiger partial charge in [0.2, 0.25) is 0 Å². The normalized spacial score (nSPS) is 9.94. The molecular formula is C16H15N. The monoisotopic (exact) mass is 221 g/mol. The van der Waals surface area contributed by atoms with Crippen LogP contribution in [0.5, 0.6) is 0 Å². The first-order valence-corrected chi connectivity index (χ1v) is 5.74. The van der Waals surface area contributed by atoms with E-state index in [0.29, 0.717) is 6.42 Å². The molecular weight excluding hydrogens is 206 g/mol.